The summed E-state index contributed by atoms with van der Waals surface area (Å²) in [4.78, 5) is 17.4. The Balaban J connectivity index is 1.80. The van der Waals surface area contributed by atoms with Gasteiger partial charge in [-0.2, -0.15) is 0 Å². The van der Waals surface area contributed by atoms with E-state index in [1.165, 1.54) is 19.3 Å². The number of halogens is 1. The van der Waals surface area contributed by atoms with Gasteiger partial charge in [0.05, 0.1) is 21.9 Å². The summed E-state index contributed by atoms with van der Waals surface area (Å²) in [6, 6.07) is 8.12. The van der Waals surface area contributed by atoms with Crippen LogP contribution in [0.4, 0.5) is 5.82 Å². The summed E-state index contributed by atoms with van der Waals surface area (Å²) in [5.41, 5.74) is 1.85. The number of benzene rings is 1. The molecule has 2 aliphatic rings. The van der Waals surface area contributed by atoms with Crippen LogP contribution in [0.25, 0.3) is 0 Å². The second kappa shape index (κ2) is 6.45. The van der Waals surface area contributed by atoms with E-state index >= 15 is 0 Å². The number of rotatable bonds is 2. The van der Waals surface area contributed by atoms with E-state index in [-0.39, 0.29) is 10.8 Å². The first-order chi connectivity index (χ1) is 11.6. The number of H-pyrrole nitrogens is 1. The van der Waals surface area contributed by atoms with Gasteiger partial charge >= 0.3 is 0 Å². The van der Waals surface area contributed by atoms with E-state index in [0.717, 1.165) is 34.8 Å². The number of hydrogen-bond acceptors (Lipinski definition) is 3. The molecule has 1 aromatic heterocycles. The molecule has 126 valence electrons. The van der Waals surface area contributed by atoms with Crippen LogP contribution in [0.2, 0.25) is 5.02 Å². The van der Waals surface area contributed by atoms with Gasteiger partial charge in [0, 0.05) is 5.02 Å². The van der Waals surface area contributed by atoms with Gasteiger partial charge in [-0.1, -0.05) is 54.8 Å². The molecule has 0 bridgehead atoms. The third-order valence-electron chi connectivity index (χ3n) is 4.86. The highest BCUT2D eigenvalue weighted by molar-refractivity contribution is 8.14. The van der Waals surface area contributed by atoms with Crippen molar-refractivity contribution in [2.75, 3.05) is 0 Å². The first-order valence-electron chi connectivity index (χ1n) is 8.45. The van der Waals surface area contributed by atoms with Crippen molar-refractivity contribution in [3.8, 4) is 0 Å². The van der Waals surface area contributed by atoms with Crippen molar-refractivity contribution in [2.24, 2.45) is 4.99 Å². The number of aromatic amines is 1. The van der Waals surface area contributed by atoms with Gasteiger partial charge in [-0.25, -0.2) is 4.99 Å². The number of nitrogens with zero attached hydrogens (tertiary/aromatic N) is 2. The molecule has 1 N–H and O–H groups in total. The van der Waals surface area contributed by atoms with Gasteiger partial charge in [0.2, 0.25) is 0 Å². The summed E-state index contributed by atoms with van der Waals surface area (Å²) >= 11 is 7.65. The minimum atomic E-state index is -0.0247. The highest BCUT2D eigenvalue weighted by Gasteiger charge is 2.32. The number of thioether (sulfide) groups is 1. The van der Waals surface area contributed by atoms with E-state index < -0.39 is 0 Å². The van der Waals surface area contributed by atoms with Gasteiger partial charge in [0.25, 0.3) is 5.56 Å². The molecule has 4 nitrogen and oxygen atoms in total. The Bertz CT molecular complexity index is 831. The summed E-state index contributed by atoms with van der Waals surface area (Å²) in [7, 11) is 0. The fourth-order valence-electron chi connectivity index (χ4n) is 3.69. The Labute approximate surface area is 150 Å². The smallest absolute Gasteiger partial charge is 0.268 e. The molecule has 24 heavy (non-hydrogen) atoms. The Morgan fingerprint density at radius 2 is 1.92 bits per heavy atom. The van der Waals surface area contributed by atoms with E-state index in [1.807, 2.05) is 35.9 Å². The van der Waals surface area contributed by atoms with Crippen molar-refractivity contribution < 1.29 is 0 Å². The summed E-state index contributed by atoms with van der Waals surface area (Å²) < 4.78 is 2.03. The fraction of sp³-hybridized carbons (Fsp3) is 0.444. The van der Waals surface area contributed by atoms with E-state index in [0.29, 0.717) is 11.1 Å². The molecule has 6 heteroatoms. The van der Waals surface area contributed by atoms with Crippen LogP contribution in [0.1, 0.15) is 61.4 Å². The van der Waals surface area contributed by atoms with Crippen LogP contribution in [0, 0.1) is 0 Å². The van der Waals surface area contributed by atoms with Crippen LogP contribution in [-0.2, 0) is 0 Å². The van der Waals surface area contributed by atoms with Crippen LogP contribution >= 0.6 is 23.4 Å². The summed E-state index contributed by atoms with van der Waals surface area (Å²) in [5, 5.41) is 4.75. The van der Waals surface area contributed by atoms with Crippen LogP contribution < -0.4 is 5.56 Å². The lowest BCUT2D eigenvalue weighted by Gasteiger charge is -2.26. The predicted octanol–water partition coefficient (Wildman–Crippen LogP) is 5.22. The van der Waals surface area contributed by atoms with Crippen molar-refractivity contribution in [1.82, 2.24) is 9.78 Å². The zero-order valence-corrected chi connectivity index (χ0v) is 15.2. The zero-order valence-electron chi connectivity index (χ0n) is 13.6. The second-order valence-electron chi connectivity index (χ2n) is 6.52. The first-order valence-corrected chi connectivity index (χ1v) is 9.71. The third kappa shape index (κ3) is 2.84. The average Bonchev–Trinajstić information content (AvgIpc) is 2.92. The van der Waals surface area contributed by atoms with Crippen molar-refractivity contribution in [1.29, 1.82) is 0 Å². The fourth-order valence-corrected chi connectivity index (χ4v) is 4.91. The summed E-state index contributed by atoms with van der Waals surface area (Å²) in [6.07, 6.45) is 5.96. The molecule has 4 rings (SSSR count). The Morgan fingerprint density at radius 3 is 2.62 bits per heavy atom. The van der Waals surface area contributed by atoms with Crippen molar-refractivity contribution in [3.05, 3.63) is 50.8 Å². The van der Waals surface area contributed by atoms with Crippen LogP contribution in [-0.4, -0.2) is 14.8 Å². The van der Waals surface area contributed by atoms with E-state index in [9.17, 15) is 4.79 Å². The van der Waals surface area contributed by atoms with Crippen LogP contribution in [0.15, 0.2) is 34.1 Å². The topological polar surface area (TPSA) is 50.1 Å². The maximum absolute atomic E-state index is 12.7. The van der Waals surface area contributed by atoms with E-state index in [2.05, 4.69) is 5.10 Å². The van der Waals surface area contributed by atoms with Gasteiger partial charge in [-0.3, -0.25) is 14.6 Å². The van der Waals surface area contributed by atoms with Gasteiger partial charge in [-0.05, 0) is 37.5 Å². The monoisotopic (exact) mass is 361 g/mol. The molecule has 1 aromatic carbocycles. The summed E-state index contributed by atoms with van der Waals surface area (Å²) in [5.74, 6) is 0.822. The van der Waals surface area contributed by atoms with Crippen molar-refractivity contribution in [2.45, 2.75) is 50.3 Å². The molecule has 1 atom stereocenters. The molecule has 2 aromatic rings. The van der Waals surface area contributed by atoms with Crippen molar-refractivity contribution >= 4 is 34.2 Å². The number of aliphatic imine (C=N–C) groups is 1. The number of nitrogens with one attached hydrogen (secondary N) is 1. The molecule has 1 aliphatic carbocycles. The first kappa shape index (κ1) is 16.0. The number of fused-ring (bicyclic) bond motifs is 1. The maximum atomic E-state index is 12.7. The van der Waals surface area contributed by atoms with Gasteiger partial charge < -0.3 is 0 Å². The molecule has 0 radical (unpaired) electrons. The van der Waals surface area contributed by atoms with Crippen LogP contribution in [0.3, 0.4) is 0 Å². The Morgan fingerprint density at radius 1 is 1.21 bits per heavy atom. The lowest BCUT2D eigenvalue weighted by molar-refractivity contribution is 0.331. The summed E-state index contributed by atoms with van der Waals surface area (Å²) in [6.45, 7) is 2.01. The molecular weight excluding hydrogens is 342 g/mol. The normalized spacial score (nSPS) is 21.4. The molecule has 1 aliphatic heterocycles. The molecule has 2 heterocycles. The maximum Gasteiger partial charge on any atom is 0.271 e. The predicted molar refractivity (Wildman–Crippen MR) is 101 cm³/mol. The quantitative estimate of drug-likeness (QED) is 0.797. The molecule has 0 spiro atoms. The molecule has 0 amide bonds. The third-order valence-corrected chi connectivity index (χ3v) is 6.29. The van der Waals surface area contributed by atoms with Gasteiger partial charge in [0.15, 0.2) is 5.82 Å². The second-order valence-corrected chi connectivity index (χ2v) is 8.25. The molecule has 0 saturated heterocycles. The molecular formula is C18H20ClN3OS. The molecule has 0 unspecified atom stereocenters. The van der Waals surface area contributed by atoms with Crippen molar-refractivity contribution in [3.63, 3.8) is 0 Å². The molecule has 1 fully saturated rings. The van der Waals surface area contributed by atoms with Gasteiger partial charge in [0.1, 0.15) is 0 Å². The van der Waals surface area contributed by atoms with Gasteiger partial charge in [-0.15, -0.1) is 0 Å². The largest absolute Gasteiger partial charge is 0.271 e. The minimum absolute atomic E-state index is 0.0146. The molecule has 1 saturated carbocycles. The number of hydrogen-bond donors (Lipinski definition) is 1. The minimum Gasteiger partial charge on any atom is -0.268 e. The standard InChI is InChI=1S/C18H20ClN3OS/c1-11-20-17-15(16(24-11)12-7-9-13(19)10-8-12)18(23)21-22(17)14-5-3-2-4-6-14/h7-10,14,16H,2-6H2,1H3,(H,21,23)/t16-/m1/s1. The Kier molecular flexibility index (Phi) is 4.31. The lowest BCUT2D eigenvalue weighted by Crippen LogP contribution is -2.16. The SMILES string of the molecule is CC1=Nc2c(c(=O)[nH]n2C2CCCCC2)[C@@H](c2ccc(Cl)cc2)S1. The van der Waals surface area contributed by atoms with E-state index in [4.69, 9.17) is 16.6 Å². The van der Waals surface area contributed by atoms with Crippen LogP contribution in [0.5, 0.6) is 0 Å². The average molecular weight is 362 g/mol. The lowest BCUT2D eigenvalue weighted by atomic mass is 9.95. The zero-order chi connectivity index (χ0) is 16.7. The highest BCUT2D eigenvalue weighted by Crippen LogP contribution is 2.45. The Hall–Kier alpha value is -1.46. The van der Waals surface area contributed by atoms with E-state index in [1.54, 1.807) is 11.8 Å². The number of aromatic nitrogens is 2. The highest BCUT2D eigenvalue weighted by atomic mass is 35.5.